The molecule has 0 aliphatic carbocycles. The van der Waals surface area contributed by atoms with Gasteiger partial charge in [0.1, 0.15) is 5.76 Å². The Hall–Kier alpha value is -1.91. The molecule has 0 fully saturated rings. The summed E-state index contributed by atoms with van der Waals surface area (Å²) in [6.45, 7) is 8.69. The van der Waals surface area contributed by atoms with E-state index in [1.54, 1.807) is 12.4 Å². The zero-order valence-corrected chi connectivity index (χ0v) is 11.2. The lowest BCUT2D eigenvalue weighted by Gasteiger charge is -2.13. The fourth-order valence-electron chi connectivity index (χ4n) is 1.43. The smallest absolute Gasteiger partial charge is 0.223 e. The lowest BCUT2D eigenvalue weighted by Crippen LogP contribution is -2.09. The summed E-state index contributed by atoms with van der Waals surface area (Å²) in [4.78, 5) is 12.6. The molecule has 2 aromatic heterocycles. The van der Waals surface area contributed by atoms with Crippen LogP contribution in [-0.2, 0) is 12.0 Å². The summed E-state index contributed by atoms with van der Waals surface area (Å²) in [6.07, 6.45) is 3.49. The molecular formula is C13H18N4O. The zero-order chi connectivity index (χ0) is 13.2. The van der Waals surface area contributed by atoms with E-state index in [-0.39, 0.29) is 5.41 Å². The van der Waals surface area contributed by atoms with Gasteiger partial charge in [-0.1, -0.05) is 20.8 Å². The van der Waals surface area contributed by atoms with Crippen LogP contribution in [0.15, 0.2) is 22.9 Å². The molecule has 0 aliphatic heterocycles. The van der Waals surface area contributed by atoms with Gasteiger partial charge in [0.2, 0.25) is 11.8 Å². The number of aryl methyl sites for hydroxylation is 1. The van der Waals surface area contributed by atoms with E-state index in [1.165, 1.54) is 0 Å². The number of hydrogen-bond acceptors (Lipinski definition) is 5. The Balaban J connectivity index is 2.01. The Labute approximate surface area is 107 Å². The molecule has 18 heavy (non-hydrogen) atoms. The van der Waals surface area contributed by atoms with E-state index in [1.807, 2.05) is 13.0 Å². The van der Waals surface area contributed by atoms with E-state index in [0.29, 0.717) is 18.4 Å². The minimum absolute atomic E-state index is 0.0227. The molecule has 2 rings (SSSR count). The number of oxazole rings is 1. The van der Waals surface area contributed by atoms with Crippen molar-refractivity contribution in [3.63, 3.8) is 0 Å². The third-order valence-corrected chi connectivity index (χ3v) is 2.49. The molecule has 2 heterocycles. The summed E-state index contributed by atoms with van der Waals surface area (Å²) < 4.78 is 5.67. The molecule has 0 saturated heterocycles. The van der Waals surface area contributed by atoms with Crippen molar-refractivity contribution in [1.82, 2.24) is 15.0 Å². The number of nitrogens with zero attached hydrogens (tertiary/aromatic N) is 3. The van der Waals surface area contributed by atoms with Crippen molar-refractivity contribution in [3.8, 4) is 0 Å². The van der Waals surface area contributed by atoms with Crippen LogP contribution in [0.2, 0.25) is 0 Å². The fraction of sp³-hybridized carbons (Fsp3) is 0.462. The van der Waals surface area contributed by atoms with Crippen molar-refractivity contribution in [2.45, 2.75) is 39.7 Å². The van der Waals surface area contributed by atoms with Gasteiger partial charge in [-0.15, -0.1) is 0 Å². The normalized spacial score (nSPS) is 11.6. The highest BCUT2D eigenvalue weighted by Gasteiger charge is 2.18. The van der Waals surface area contributed by atoms with Gasteiger partial charge in [0.05, 0.1) is 12.7 Å². The van der Waals surface area contributed by atoms with E-state index in [9.17, 15) is 0 Å². The van der Waals surface area contributed by atoms with Crippen LogP contribution in [0, 0.1) is 6.92 Å². The minimum atomic E-state index is -0.0227. The molecule has 5 heteroatoms. The summed E-state index contributed by atoms with van der Waals surface area (Å²) in [5.41, 5.74) is 0.903. The molecule has 0 radical (unpaired) electrons. The summed E-state index contributed by atoms with van der Waals surface area (Å²) >= 11 is 0. The highest BCUT2D eigenvalue weighted by Crippen LogP contribution is 2.22. The van der Waals surface area contributed by atoms with Crippen molar-refractivity contribution in [3.05, 3.63) is 35.8 Å². The van der Waals surface area contributed by atoms with Crippen molar-refractivity contribution in [2.75, 3.05) is 5.32 Å². The quantitative estimate of drug-likeness (QED) is 0.902. The summed E-state index contributed by atoms with van der Waals surface area (Å²) in [5.74, 6) is 2.11. The SMILES string of the molecule is Cc1ccnc(NCc2ncc(C(C)(C)C)o2)n1. The molecular weight excluding hydrogens is 228 g/mol. The summed E-state index contributed by atoms with van der Waals surface area (Å²) in [6, 6.07) is 1.86. The summed E-state index contributed by atoms with van der Waals surface area (Å²) in [7, 11) is 0. The van der Waals surface area contributed by atoms with E-state index < -0.39 is 0 Å². The molecule has 0 spiro atoms. The van der Waals surface area contributed by atoms with E-state index in [0.717, 1.165) is 11.5 Å². The number of rotatable bonds is 3. The first-order chi connectivity index (χ1) is 8.45. The van der Waals surface area contributed by atoms with Crippen LogP contribution in [0.1, 0.15) is 38.1 Å². The van der Waals surface area contributed by atoms with Crippen LogP contribution < -0.4 is 5.32 Å². The molecule has 0 amide bonds. The van der Waals surface area contributed by atoms with Gasteiger partial charge < -0.3 is 9.73 Å². The average Bonchev–Trinajstić information content (AvgIpc) is 2.74. The maximum Gasteiger partial charge on any atom is 0.223 e. The van der Waals surface area contributed by atoms with E-state index in [2.05, 4.69) is 41.0 Å². The second kappa shape index (κ2) is 4.76. The van der Waals surface area contributed by atoms with Gasteiger partial charge >= 0.3 is 0 Å². The Bertz CT molecular complexity index is 528. The molecule has 2 aromatic rings. The zero-order valence-electron chi connectivity index (χ0n) is 11.2. The first kappa shape index (κ1) is 12.5. The van der Waals surface area contributed by atoms with Crippen molar-refractivity contribution >= 4 is 5.95 Å². The molecule has 5 nitrogen and oxygen atoms in total. The average molecular weight is 246 g/mol. The maximum absolute atomic E-state index is 5.67. The lowest BCUT2D eigenvalue weighted by molar-refractivity contribution is 0.385. The van der Waals surface area contributed by atoms with Gasteiger partial charge in [0, 0.05) is 17.3 Å². The Morgan fingerprint density at radius 2 is 2.06 bits per heavy atom. The minimum Gasteiger partial charge on any atom is -0.443 e. The number of aromatic nitrogens is 3. The molecule has 1 N–H and O–H groups in total. The van der Waals surface area contributed by atoms with Crippen molar-refractivity contribution in [2.24, 2.45) is 0 Å². The molecule has 96 valence electrons. The largest absolute Gasteiger partial charge is 0.443 e. The van der Waals surface area contributed by atoms with Gasteiger partial charge in [0.25, 0.3) is 0 Å². The third-order valence-electron chi connectivity index (χ3n) is 2.49. The standard InChI is InChI=1S/C13H18N4O/c1-9-5-6-14-12(17-9)16-8-11-15-7-10(18-11)13(2,3)4/h5-7H,8H2,1-4H3,(H,14,16,17). The van der Waals surface area contributed by atoms with Gasteiger partial charge in [-0.25, -0.2) is 15.0 Å². The van der Waals surface area contributed by atoms with E-state index >= 15 is 0 Å². The second-order valence-corrected chi connectivity index (χ2v) is 5.24. The van der Waals surface area contributed by atoms with Crippen LogP contribution in [-0.4, -0.2) is 15.0 Å². The molecule has 0 saturated carbocycles. The molecule has 0 bridgehead atoms. The fourth-order valence-corrected chi connectivity index (χ4v) is 1.43. The highest BCUT2D eigenvalue weighted by atomic mass is 16.4. The van der Waals surface area contributed by atoms with Gasteiger partial charge in [-0.2, -0.15) is 0 Å². The number of hydrogen-bond donors (Lipinski definition) is 1. The number of nitrogens with one attached hydrogen (secondary N) is 1. The van der Waals surface area contributed by atoms with Gasteiger partial charge in [-0.05, 0) is 13.0 Å². The van der Waals surface area contributed by atoms with Crippen LogP contribution in [0.3, 0.4) is 0 Å². The van der Waals surface area contributed by atoms with Crippen LogP contribution in [0.5, 0.6) is 0 Å². The Morgan fingerprint density at radius 3 is 2.67 bits per heavy atom. The molecule has 0 aliphatic rings. The number of anilines is 1. The Morgan fingerprint density at radius 1 is 1.28 bits per heavy atom. The summed E-state index contributed by atoms with van der Waals surface area (Å²) in [5, 5.41) is 3.09. The maximum atomic E-state index is 5.67. The third kappa shape index (κ3) is 3.06. The van der Waals surface area contributed by atoms with E-state index in [4.69, 9.17) is 4.42 Å². The monoisotopic (exact) mass is 246 g/mol. The van der Waals surface area contributed by atoms with Crippen LogP contribution >= 0.6 is 0 Å². The molecule has 0 atom stereocenters. The van der Waals surface area contributed by atoms with Gasteiger partial charge in [-0.3, -0.25) is 0 Å². The van der Waals surface area contributed by atoms with Crippen LogP contribution in [0.25, 0.3) is 0 Å². The predicted molar refractivity (Wildman–Crippen MR) is 69.3 cm³/mol. The van der Waals surface area contributed by atoms with Crippen molar-refractivity contribution in [1.29, 1.82) is 0 Å². The Kier molecular flexibility index (Phi) is 3.32. The topological polar surface area (TPSA) is 63.8 Å². The lowest BCUT2D eigenvalue weighted by atomic mass is 9.94. The molecule has 0 unspecified atom stereocenters. The highest BCUT2D eigenvalue weighted by molar-refractivity contribution is 5.24. The van der Waals surface area contributed by atoms with Gasteiger partial charge in [0.15, 0.2) is 0 Å². The van der Waals surface area contributed by atoms with Crippen molar-refractivity contribution < 1.29 is 4.42 Å². The first-order valence-corrected chi connectivity index (χ1v) is 5.94. The predicted octanol–water partition coefficient (Wildman–Crippen LogP) is 2.68. The second-order valence-electron chi connectivity index (χ2n) is 5.24. The van der Waals surface area contributed by atoms with Crippen LogP contribution in [0.4, 0.5) is 5.95 Å². The first-order valence-electron chi connectivity index (χ1n) is 5.94. The molecule has 0 aromatic carbocycles.